The molecule has 0 aromatic carbocycles. The number of nitrogens with one attached hydrogen (secondary N) is 1. The zero-order chi connectivity index (χ0) is 12.7. The molecule has 17 heavy (non-hydrogen) atoms. The molecular weight excluding hydrogens is 218 g/mol. The van der Waals surface area contributed by atoms with Crippen molar-refractivity contribution in [3.05, 3.63) is 5.82 Å². The number of tetrazole rings is 1. The molecule has 0 bridgehead atoms. The molecule has 98 valence electrons. The highest BCUT2D eigenvalue weighted by Gasteiger charge is 2.11. The lowest BCUT2D eigenvalue weighted by molar-refractivity contribution is 0.104. The lowest BCUT2D eigenvalue weighted by Crippen LogP contribution is -2.19. The van der Waals surface area contributed by atoms with E-state index in [4.69, 9.17) is 4.74 Å². The molecule has 0 spiro atoms. The third kappa shape index (κ3) is 4.79. The first-order chi connectivity index (χ1) is 8.15. The van der Waals surface area contributed by atoms with Gasteiger partial charge in [-0.05, 0) is 36.7 Å². The van der Waals surface area contributed by atoms with Gasteiger partial charge in [-0.2, -0.15) is 0 Å². The van der Waals surface area contributed by atoms with E-state index >= 15 is 0 Å². The Kier molecular flexibility index (Phi) is 6.07. The van der Waals surface area contributed by atoms with Crippen LogP contribution in [0.5, 0.6) is 0 Å². The number of hydrogen-bond acceptors (Lipinski definition) is 5. The van der Waals surface area contributed by atoms with Crippen LogP contribution in [-0.4, -0.2) is 40.5 Å². The highest BCUT2D eigenvalue weighted by atomic mass is 16.5. The summed E-state index contributed by atoms with van der Waals surface area (Å²) in [6, 6.07) is 0.168. The van der Waals surface area contributed by atoms with Crippen LogP contribution in [0.1, 0.15) is 39.1 Å². The number of aryl methyl sites for hydroxylation is 1. The van der Waals surface area contributed by atoms with E-state index in [2.05, 4.69) is 34.7 Å². The van der Waals surface area contributed by atoms with Gasteiger partial charge in [0.05, 0.1) is 6.04 Å². The summed E-state index contributed by atoms with van der Waals surface area (Å²) in [5, 5.41) is 14.8. The van der Waals surface area contributed by atoms with Crippen molar-refractivity contribution in [2.75, 3.05) is 20.3 Å². The minimum Gasteiger partial charge on any atom is -0.381 e. The molecule has 1 unspecified atom stereocenters. The van der Waals surface area contributed by atoms with Crippen LogP contribution in [-0.2, 0) is 11.3 Å². The van der Waals surface area contributed by atoms with Gasteiger partial charge in [0, 0.05) is 19.8 Å². The summed E-state index contributed by atoms with van der Waals surface area (Å²) >= 11 is 0. The van der Waals surface area contributed by atoms with Crippen LogP contribution in [0.2, 0.25) is 0 Å². The van der Waals surface area contributed by atoms with Crippen molar-refractivity contribution in [3.8, 4) is 0 Å². The van der Waals surface area contributed by atoms with E-state index in [9.17, 15) is 0 Å². The van der Waals surface area contributed by atoms with Crippen LogP contribution < -0.4 is 5.32 Å². The second kappa shape index (κ2) is 7.34. The van der Waals surface area contributed by atoms with Gasteiger partial charge in [0.15, 0.2) is 5.82 Å². The first kappa shape index (κ1) is 14.1. The number of hydrogen-bond donors (Lipinski definition) is 1. The molecule has 0 saturated carbocycles. The Bertz CT molecular complexity index is 313. The van der Waals surface area contributed by atoms with E-state index in [1.165, 1.54) is 0 Å². The smallest absolute Gasteiger partial charge is 0.167 e. The predicted octanol–water partition coefficient (Wildman–Crippen LogP) is 1.02. The van der Waals surface area contributed by atoms with Gasteiger partial charge in [0.1, 0.15) is 0 Å². The fraction of sp³-hybridized carbons (Fsp3) is 0.909. The van der Waals surface area contributed by atoms with Crippen LogP contribution in [0.3, 0.4) is 0 Å². The van der Waals surface area contributed by atoms with Gasteiger partial charge < -0.3 is 10.1 Å². The largest absolute Gasteiger partial charge is 0.381 e. The average molecular weight is 241 g/mol. The highest BCUT2D eigenvalue weighted by molar-refractivity contribution is 4.88. The molecule has 0 saturated heterocycles. The van der Waals surface area contributed by atoms with Crippen LogP contribution in [0.4, 0.5) is 0 Å². The lowest BCUT2D eigenvalue weighted by Gasteiger charge is -2.10. The van der Waals surface area contributed by atoms with Crippen LogP contribution >= 0.6 is 0 Å². The number of ether oxygens (including phenoxy) is 1. The minimum absolute atomic E-state index is 0.168. The Morgan fingerprint density at radius 2 is 2.12 bits per heavy atom. The lowest BCUT2D eigenvalue weighted by atomic mass is 10.2. The fourth-order valence-corrected chi connectivity index (χ4v) is 1.45. The SMILES string of the molecule is CNC(C)c1nnnn1CCCOCC(C)C. The molecule has 1 aromatic heterocycles. The van der Waals surface area contributed by atoms with Crippen LogP contribution in [0, 0.1) is 5.92 Å². The Morgan fingerprint density at radius 3 is 2.76 bits per heavy atom. The van der Waals surface area contributed by atoms with E-state index in [0.717, 1.165) is 32.0 Å². The number of rotatable bonds is 8. The van der Waals surface area contributed by atoms with Crippen molar-refractivity contribution in [1.82, 2.24) is 25.5 Å². The summed E-state index contributed by atoms with van der Waals surface area (Å²) in [7, 11) is 1.90. The van der Waals surface area contributed by atoms with Gasteiger partial charge in [-0.3, -0.25) is 0 Å². The third-order valence-corrected chi connectivity index (χ3v) is 2.49. The first-order valence-electron chi connectivity index (χ1n) is 6.16. The molecule has 0 amide bonds. The topological polar surface area (TPSA) is 64.9 Å². The maximum atomic E-state index is 5.52. The maximum absolute atomic E-state index is 5.52. The van der Waals surface area contributed by atoms with Crippen molar-refractivity contribution in [3.63, 3.8) is 0 Å². The second-order valence-electron chi connectivity index (χ2n) is 4.59. The Morgan fingerprint density at radius 1 is 1.35 bits per heavy atom. The standard InChI is InChI=1S/C11H23N5O/c1-9(2)8-17-7-5-6-16-11(10(3)12-4)13-14-15-16/h9-10,12H,5-8H2,1-4H3. The molecule has 6 heteroatoms. The van der Waals surface area contributed by atoms with E-state index in [0.29, 0.717) is 5.92 Å². The van der Waals surface area contributed by atoms with E-state index in [-0.39, 0.29) is 6.04 Å². The predicted molar refractivity (Wildman–Crippen MR) is 65.6 cm³/mol. The van der Waals surface area contributed by atoms with Gasteiger partial charge in [0.25, 0.3) is 0 Å². The van der Waals surface area contributed by atoms with E-state index in [1.54, 1.807) is 0 Å². The van der Waals surface area contributed by atoms with Crippen molar-refractivity contribution in [2.45, 2.75) is 39.8 Å². The molecule has 0 aliphatic heterocycles. The van der Waals surface area contributed by atoms with Crippen molar-refractivity contribution in [2.24, 2.45) is 5.92 Å². The summed E-state index contributed by atoms with van der Waals surface area (Å²) in [5.41, 5.74) is 0. The Labute approximate surface area is 103 Å². The second-order valence-corrected chi connectivity index (χ2v) is 4.59. The monoisotopic (exact) mass is 241 g/mol. The summed E-state index contributed by atoms with van der Waals surface area (Å²) in [5.74, 6) is 1.46. The molecule has 0 fully saturated rings. The van der Waals surface area contributed by atoms with Crippen molar-refractivity contribution in [1.29, 1.82) is 0 Å². The summed E-state index contributed by atoms with van der Waals surface area (Å²) in [6.45, 7) is 8.70. The summed E-state index contributed by atoms with van der Waals surface area (Å²) in [6.07, 6.45) is 0.932. The summed E-state index contributed by atoms with van der Waals surface area (Å²) < 4.78 is 7.36. The zero-order valence-corrected chi connectivity index (χ0v) is 11.2. The Balaban J connectivity index is 2.29. The normalized spacial score (nSPS) is 13.2. The third-order valence-electron chi connectivity index (χ3n) is 2.49. The molecule has 1 N–H and O–H groups in total. The Hall–Kier alpha value is -1.01. The molecule has 0 radical (unpaired) electrons. The van der Waals surface area contributed by atoms with Gasteiger partial charge in [-0.1, -0.05) is 13.8 Å². The van der Waals surface area contributed by atoms with E-state index in [1.807, 2.05) is 18.7 Å². The maximum Gasteiger partial charge on any atom is 0.167 e. The van der Waals surface area contributed by atoms with Crippen molar-refractivity contribution >= 4 is 0 Å². The number of aromatic nitrogens is 4. The fourth-order valence-electron chi connectivity index (χ4n) is 1.45. The van der Waals surface area contributed by atoms with Gasteiger partial charge in [-0.15, -0.1) is 5.10 Å². The van der Waals surface area contributed by atoms with Crippen LogP contribution in [0.25, 0.3) is 0 Å². The van der Waals surface area contributed by atoms with Crippen LogP contribution in [0.15, 0.2) is 0 Å². The summed E-state index contributed by atoms with van der Waals surface area (Å²) in [4.78, 5) is 0. The number of nitrogens with zero attached hydrogens (tertiary/aromatic N) is 4. The molecular formula is C11H23N5O. The average Bonchev–Trinajstić information content (AvgIpc) is 2.75. The molecule has 0 aliphatic carbocycles. The van der Waals surface area contributed by atoms with E-state index < -0.39 is 0 Å². The molecule has 0 aliphatic rings. The minimum atomic E-state index is 0.168. The van der Waals surface area contributed by atoms with Gasteiger partial charge in [-0.25, -0.2) is 4.68 Å². The zero-order valence-electron chi connectivity index (χ0n) is 11.2. The molecule has 1 aromatic rings. The molecule has 1 atom stereocenters. The molecule has 1 rings (SSSR count). The quantitative estimate of drug-likeness (QED) is 0.688. The van der Waals surface area contributed by atoms with Gasteiger partial charge in [0.2, 0.25) is 0 Å². The molecule has 1 heterocycles. The first-order valence-corrected chi connectivity index (χ1v) is 6.16. The van der Waals surface area contributed by atoms with Gasteiger partial charge >= 0.3 is 0 Å². The molecule has 6 nitrogen and oxygen atoms in total. The van der Waals surface area contributed by atoms with Crippen molar-refractivity contribution < 1.29 is 4.74 Å². The highest BCUT2D eigenvalue weighted by Crippen LogP contribution is 2.06.